The molecule has 0 aromatic rings. The lowest BCUT2D eigenvalue weighted by Gasteiger charge is -2.16. The van der Waals surface area contributed by atoms with Gasteiger partial charge >= 0.3 is 0 Å². The summed E-state index contributed by atoms with van der Waals surface area (Å²) < 4.78 is 0. The summed E-state index contributed by atoms with van der Waals surface area (Å²) in [6.07, 6.45) is 9.61. The summed E-state index contributed by atoms with van der Waals surface area (Å²) in [5.74, 6) is 2.63. The van der Waals surface area contributed by atoms with Gasteiger partial charge in [-0.2, -0.15) is 0 Å². The Labute approximate surface area is 88.1 Å². The Hall–Kier alpha value is -0.520. The maximum Gasteiger partial charge on any atom is -0.0197 e. The molecule has 3 atom stereocenters. The lowest BCUT2D eigenvalue weighted by Crippen LogP contribution is -2.01. The summed E-state index contributed by atoms with van der Waals surface area (Å²) in [6, 6.07) is 0. The van der Waals surface area contributed by atoms with Crippen molar-refractivity contribution in [2.24, 2.45) is 17.8 Å². The summed E-state index contributed by atoms with van der Waals surface area (Å²) in [5.41, 5.74) is 3.11. The van der Waals surface area contributed by atoms with E-state index in [0.29, 0.717) is 5.92 Å². The Bertz CT molecular complexity index is 259. The van der Waals surface area contributed by atoms with Crippen LogP contribution in [0.5, 0.6) is 0 Å². The number of hydrogen-bond acceptors (Lipinski definition) is 0. The van der Waals surface area contributed by atoms with Crippen molar-refractivity contribution in [3.8, 4) is 0 Å². The van der Waals surface area contributed by atoms with Crippen molar-refractivity contribution in [1.82, 2.24) is 0 Å². The lowest BCUT2D eigenvalue weighted by atomic mass is 9.90. The van der Waals surface area contributed by atoms with Crippen molar-refractivity contribution in [3.63, 3.8) is 0 Å². The van der Waals surface area contributed by atoms with Crippen LogP contribution in [0.2, 0.25) is 0 Å². The minimum absolute atomic E-state index is 0.704. The highest BCUT2D eigenvalue weighted by molar-refractivity contribution is 5.19. The Morgan fingerprint density at radius 1 is 1.57 bits per heavy atom. The molecule has 0 aromatic heterocycles. The van der Waals surface area contributed by atoms with E-state index in [4.69, 9.17) is 0 Å². The second-order valence-electron chi connectivity index (χ2n) is 5.30. The topological polar surface area (TPSA) is 0 Å². The molecule has 78 valence electrons. The number of allylic oxidation sites excluding steroid dienone is 3. The molecular formula is C14H22. The molecule has 2 bridgehead atoms. The molecule has 0 aromatic carbocycles. The summed E-state index contributed by atoms with van der Waals surface area (Å²) in [7, 11) is 0. The third kappa shape index (κ3) is 1.94. The number of fused-ring (bicyclic) bond motifs is 2. The van der Waals surface area contributed by atoms with Crippen LogP contribution in [0.1, 0.15) is 46.0 Å². The molecule has 0 heteroatoms. The van der Waals surface area contributed by atoms with Gasteiger partial charge in [0.2, 0.25) is 0 Å². The van der Waals surface area contributed by atoms with Gasteiger partial charge in [0.25, 0.3) is 0 Å². The largest absolute Gasteiger partial charge is 0.0999 e. The SMILES string of the molecule is C=C(C)C(C)CCC1=CC2CCC1C2. The average Bonchev–Trinajstić information content (AvgIpc) is 2.74. The first-order valence-electron chi connectivity index (χ1n) is 6.03. The summed E-state index contributed by atoms with van der Waals surface area (Å²) in [6.45, 7) is 8.48. The fraction of sp³-hybridized carbons (Fsp3) is 0.714. The molecule has 2 aliphatic rings. The quantitative estimate of drug-likeness (QED) is 0.579. The monoisotopic (exact) mass is 190 g/mol. The van der Waals surface area contributed by atoms with E-state index in [9.17, 15) is 0 Å². The van der Waals surface area contributed by atoms with Gasteiger partial charge in [-0.25, -0.2) is 0 Å². The molecule has 0 radical (unpaired) electrons. The number of rotatable bonds is 4. The summed E-state index contributed by atoms with van der Waals surface area (Å²) >= 11 is 0. The van der Waals surface area contributed by atoms with Crippen LogP contribution < -0.4 is 0 Å². The first-order chi connectivity index (χ1) is 6.66. The molecule has 1 saturated carbocycles. The average molecular weight is 190 g/mol. The molecule has 0 nitrogen and oxygen atoms in total. The molecule has 1 fully saturated rings. The zero-order chi connectivity index (χ0) is 10.1. The predicted molar refractivity (Wildman–Crippen MR) is 62.1 cm³/mol. The second-order valence-corrected chi connectivity index (χ2v) is 5.30. The maximum atomic E-state index is 4.03. The van der Waals surface area contributed by atoms with Gasteiger partial charge in [0.1, 0.15) is 0 Å². The van der Waals surface area contributed by atoms with Gasteiger partial charge in [-0.3, -0.25) is 0 Å². The highest BCUT2D eigenvalue weighted by Crippen LogP contribution is 2.45. The van der Waals surface area contributed by atoms with E-state index in [1.807, 2.05) is 0 Å². The van der Waals surface area contributed by atoms with Crippen molar-refractivity contribution in [1.29, 1.82) is 0 Å². The van der Waals surface area contributed by atoms with Crippen molar-refractivity contribution in [2.75, 3.05) is 0 Å². The maximum absolute atomic E-state index is 4.03. The normalized spacial score (nSPS) is 31.7. The van der Waals surface area contributed by atoms with Crippen LogP contribution in [0.25, 0.3) is 0 Å². The lowest BCUT2D eigenvalue weighted by molar-refractivity contribution is 0.559. The third-order valence-corrected chi connectivity index (χ3v) is 4.15. The minimum Gasteiger partial charge on any atom is -0.0999 e. The van der Waals surface area contributed by atoms with Gasteiger partial charge in [0.05, 0.1) is 0 Å². The van der Waals surface area contributed by atoms with Gasteiger partial charge < -0.3 is 0 Å². The van der Waals surface area contributed by atoms with Crippen LogP contribution in [-0.4, -0.2) is 0 Å². The molecule has 3 unspecified atom stereocenters. The molecule has 14 heavy (non-hydrogen) atoms. The summed E-state index contributed by atoms with van der Waals surface area (Å²) in [5, 5.41) is 0. The molecule has 0 aliphatic heterocycles. The van der Waals surface area contributed by atoms with Crippen LogP contribution in [0.3, 0.4) is 0 Å². The third-order valence-electron chi connectivity index (χ3n) is 4.15. The van der Waals surface area contributed by atoms with Crippen molar-refractivity contribution < 1.29 is 0 Å². The van der Waals surface area contributed by atoms with Gasteiger partial charge in [-0.05, 0) is 56.8 Å². The van der Waals surface area contributed by atoms with Gasteiger partial charge in [-0.1, -0.05) is 30.7 Å². The first-order valence-corrected chi connectivity index (χ1v) is 6.03. The van der Waals surface area contributed by atoms with Crippen LogP contribution >= 0.6 is 0 Å². The van der Waals surface area contributed by atoms with Crippen LogP contribution in [0.4, 0.5) is 0 Å². The fourth-order valence-electron chi connectivity index (χ4n) is 2.86. The van der Waals surface area contributed by atoms with Crippen molar-refractivity contribution >= 4 is 0 Å². The number of hydrogen-bond donors (Lipinski definition) is 0. The van der Waals surface area contributed by atoms with E-state index in [1.54, 1.807) is 5.57 Å². The zero-order valence-corrected chi connectivity index (χ0v) is 9.55. The van der Waals surface area contributed by atoms with Crippen molar-refractivity contribution in [3.05, 3.63) is 23.8 Å². The highest BCUT2D eigenvalue weighted by atomic mass is 14.4. The van der Waals surface area contributed by atoms with E-state index < -0.39 is 0 Å². The molecular weight excluding hydrogens is 168 g/mol. The van der Waals surface area contributed by atoms with Gasteiger partial charge in [0.15, 0.2) is 0 Å². The molecule has 2 rings (SSSR count). The standard InChI is InChI=1S/C14H22/c1-10(2)11(3)4-6-13-8-12-5-7-14(13)9-12/h8,11-12,14H,1,4-7,9H2,2-3H3. The second kappa shape index (κ2) is 3.92. The van der Waals surface area contributed by atoms with Crippen molar-refractivity contribution in [2.45, 2.75) is 46.0 Å². The van der Waals surface area contributed by atoms with Crippen LogP contribution in [0.15, 0.2) is 23.8 Å². The fourth-order valence-corrected chi connectivity index (χ4v) is 2.86. The molecule has 0 spiro atoms. The summed E-state index contributed by atoms with van der Waals surface area (Å²) in [4.78, 5) is 0. The first kappa shape index (κ1) is 10.0. The molecule has 0 N–H and O–H groups in total. The van der Waals surface area contributed by atoms with E-state index >= 15 is 0 Å². The molecule has 0 amide bonds. The van der Waals surface area contributed by atoms with Crippen LogP contribution in [-0.2, 0) is 0 Å². The van der Waals surface area contributed by atoms with E-state index in [1.165, 1.54) is 37.7 Å². The predicted octanol–water partition coefficient (Wildman–Crippen LogP) is 4.34. The smallest absolute Gasteiger partial charge is 0.0197 e. The van der Waals surface area contributed by atoms with Crippen LogP contribution in [0, 0.1) is 17.8 Å². The zero-order valence-electron chi connectivity index (χ0n) is 9.55. The Kier molecular flexibility index (Phi) is 2.80. The Morgan fingerprint density at radius 2 is 2.36 bits per heavy atom. The Morgan fingerprint density at radius 3 is 2.86 bits per heavy atom. The molecule has 2 aliphatic carbocycles. The van der Waals surface area contributed by atoms with E-state index in [2.05, 4.69) is 26.5 Å². The highest BCUT2D eigenvalue weighted by Gasteiger charge is 2.32. The van der Waals surface area contributed by atoms with Gasteiger partial charge in [-0.15, -0.1) is 0 Å². The van der Waals surface area contributed by atoms with E-state index in [-0.39, 0.29) is 0 Å². The van der Waals surface area contributed by atoms with Gasteiger partial charge in [0, 0.05) is 0 Å². The minimum atomic E-state index is 0.704. The van der Waals surface area contributed by atoms with E-state index in [0.717, 1.165) is 11.8 Å². The molecule has 0 heterocycles. The molecule has 0 saturated heterocycles. The Balaban J connectivity index is 1.82.